The number of hydrogen-bond acceptors (Lipinski definition) is 14. The van der Waals surface area contributed by atoms with Gasteiger partial charge in [0, 0.05) is 49.5 Å². The summed E-state index contributed by atoms with van der Waals surface area (Å²) in [6.45, 7) is 3.07. The summed E-state index contributed by atoms with van der Waals surface area (Å²) in [7, 11) is -10.3. The van der Waals surface area contributed by atoms with E-state index in [1.807, 2.05) is 11.8 Å². The summed E-state index contributed by atoms with van der Waals surface area (Å²) in [5, 5.41) is 0.869. The second kappa shape index (κ2) is 15.8. The summed E-state index contributed by atoms with van der Waals surface area (Å²) < 4.78 is 73.9. The van der Waals surface area contributed by atoms with E-state index in [9.17, 15) is 45.1 Å². The molecule has 0 saturated carbocycles. The smallest absolute Gasteiger partial charge is 0.744 e. The quantitative estimate of drug-likeness (QED) is 0.0592. The zero-order valence-electron chi connectivity index (χ0n) is 24.1. The number of rotatable bonds is 12. The third-order valence-corrected chi connectivity index (χ3v) is 9.84. The van der Waals surface area contributed by atoms with E-state index in [0.717, 1.165) is 0 Å². The molecule has 1 aliphatic rings. The summed E-state index contributed by atoms with van der Waals surface area (Å²) in [5.41, 5.74) is -0.569. The van der Waals surface area contributed by atoms with Crippen molar-refractivity contribution in [3.8, 4) is 10.4 Å². The number of fused-ring (bicyclic) bond motifs is 1. The van der Waals surface area contributed by atoms with Gasteiger partial charge in [0.05, 0.1) is 15.3 Å². The standard InChI is InChI=1S/C25H26N2O12S3.2Na/c1-2-26(11-5-3-4-6-22(30)39-27-20(28)9-10-21(27)29)16-8-7-15-12-17(25(31)38-18(15)13-16)24-19(41(32,33)34)14-23(40-24)42(35,36)37;;/h7-8,12-14H,2-6,9-11H2,1H3,(H,32,33,34)(H,35,36,37);;/q;2*+1/p-2. The van der Waals surface area contributed by atoms with Gasteiger partial charge < -0.3 is 23.3 Å². The maximum atomic E-state index is 12.8. The van der Waals surface area contributed by atoms with Crippen LogP contribution in [0, 0.1) is 0 Å². The number of carbonyl (C=O) groups is 3. The van der Waals surface area contributed by atoms with Crippen LogP contribution < -0.4 is 69.6 Å². The number of amides is 2. The second-order valence-corrected chi connectivity index (χ2v) is 13.3. The van der Waals surface area contributed by atoms with Crippen molar-refractivity contribution < 1.29 is 109 Å². The van der Waals surface area contributed by atoms with Crippen LogP contribution in [0.3, 0.4) is 0 Å². The Morgan fingerprint density at radius 1 is 0.977 bits per heavy atom. The minimum absolute atomic E-state index is 0. The summed E-state index contributed by atoms with van der Waals surface area (Å²) in [6, 6.07) is 6.62. The van der Waals surface area contributed by atoms with Crippen LogP contribution in [0.1, 0.15) is 45.4 Å². The van der Waals surface area contributed by atoms with Gasteiger partial charge in [-0.05, 0) is 44.0 Å². The van der Waals surface area contributed by atoms with Crippen molar-refractivity contribution in [3.05, 3.63) is 40.8 Å². The zero-order chi connectivity index (χ0) is 30.8. The maximum absolute atomic E-state index is 12.8. The first kappa shape index (κ1) is 38.5. The summed E-state index contributed by atoms with van der Waals surface area (Å²) in [4.78, 5) is 53.1. The van der Waals surface area contributed by atoms with Gasteiger partial charge >= 0.3 is 70.7 Å². The average Bonchev–Trinajstić information content (AvgIpc) is 3.50. The fourth-order valence-electron chi connectivity index (χ4n) is 4.33. The first-order valence-electron chi connectivity index (χ1n) is 12.6. The third-order valence-electron chi connectivity index (χ3n) is 6.41. The molecule has 14 nitrogen and oxygen atoms in total. The number of anilines is 1. The Morgan fingerprint density at radius 2 is 1.64 bits per heavy atom. The third kappa shape index (κ3) is 9.22. The van der Waals surface area contributed by atoms with Gasteiger partial charge in [-0.1, -0.05) is 6.42 Å². The molecule has 1 saturated heterocycles. The van der Waals surface area contributed by atoms with Crippen molar-refractivity contribution in [1.82, 2.24) is 5.06 Å². The Hall–Kier alpha value is -1.64. The minimum atomic E-state index is -5.23. The van der Waals surface area contributed by atoms with E-state index in [1.54, 1.807) is 18.2 Å². The average molecular weight is 687 g/mol. The monoisotopic (exact) mass is 686 g/mol. The van der Waals surface area contributed by atoms with Crippen molar-refractivity contribution in [1.29, 1.82) is 0 Å². The van der Waals surface area contributed by atoms with Crippen molar-refractivity contribution in [2.75, 3.05) is 18.0 Å². The molecule has 3 heterocycles. The molecule has 1 fully saturated rings. The number of imide groups is 1. The second-order valence-electron chi connectivity index (χ2n) is 9.27. The van der Waals surface area contributed by atoms with E-state index in [0.29, 0.717) is 54.6 Å². The Bertz CT molecular complexity index is 1820. The van der Waals surface area contributed by atoms with Gasteiger partial charge in [0.15, 0.2) is 0 Å². The predicted molar refractivity (Wildman–Crippen MR) is 145 cm³/mol. The van der Waals surface area contributed by atoms with E-state index in [4.69, 9.17) is 9.25 Å². The van der Waals surface area contributed by atoms with Gasteiger partial charge in [-0.15, -0.1) is 16.4 Å². The number of unbranched alkanes of at least 4 members (excludes halogenated alkanes) is 2. The van der Waals surface area contributed by atoms with Crippen LogP contribution in [0.4, 0.5) is 5.69 Å². The van der Waals surface area contributed by atoms with Gasteiger partial charge in [-0.2, -0.15) is 0 Å². The molecule has 2 amide bonds. The molecular formula is C25H24N2Na2O12S3. The van der Waals surface area contributed by atoms with Gasteiger partial charge in [-0.25, -0.2) is 26.4 Å². The number of nitrogens with zero attached hydrogens (tertiary/aromatic N) is 2. The Balaban J connectivity index is 0.00000337. The molecule has 0 aliphatic carbocycles. The van der Waals surface area contributed by atoms with Crippen molar-refractivity contribution >= 4 is 66.0 Å². The molecule has 3 aromatic rings. The van der Waals surface area contributed by atoms with Crippen LogP contribution in [0.15, 0.2) is 48.6 Å². The number of benzene rings is 1. The first-order valence-corrected chi connectivity index (χ1v) is 16.3. The van der Waals surface area contributed by atoms with E-state index in [-0.39, 0.29) is 101 Å². The summed E-state index contributed by atoms with van der Waals surface area (Å²) >= 11 is 0.194. The van der Waals surface area contributed by atoms with Crippen molar-refractivity contribution in [3.63, 3.8) is 0 Å². The van der Waals surface area contributed by atoms with E-state index < -0.39 is 57.6 Å². The Labute approximate surface area is 300 Å². The molecule has 0 radical (unpaired) electrons. The maximum Gasteiger partial charge on any atom is 1.00 e. The minimum Gasteiger partial charge on any atom is -0.744 e. The van der Waals surface area contributed by atoms with Gasteiger partial charge in [0.2, 0.25) is 0 Å². The molecule has 0 N–H and O–H groups in total. The van der Waals surface area contributed by atoms with Crippen LogP contribution in [0.2, 0.25) is 0 Å². The first-order chi connectivity index (χ1) is 19.7. The SMILES string of the molecule is CCN(CCCCCC(=O)ON1C(=O)CCC1=O)c1ccc2cc(-c3sc(S(=O)(=O)[O-])cc3S(=O)(=O)[O-])c(=O)oc2c1.[Na+].[Na+]. The molecule has 0 spiro atoms. The van der Waals surface area contributed by atoms with Gasteiger partial charge in [0.1, 0.15) is 30.0 Å². The van der Waals surface area contributed by atoms with E-state index in [2.05, 4.69) is 0 Å². The van der Waals surface area contributed by atoms with Crippen LogP contribution in [-0.4, -0.2) is 61.9 Å². The normalized spacial score (nSPS) is 13.5. The molecule has 19 heteroatoms. The molecular weight excluding hydrogens is 662 g/mol. The summed E-state index contributed by atoms with van der Waals surface area (Å²) in [5.74, 6) is -1.74. The predicted octanol–water partition coefficient (Wildman–Crippen LogP) is -3.67. The van der Waals surface area contributed by atoms with Crippen molar-refractivity contribution in [2.45, 2.75) is 54.6 Å². The van der Waals surface area contributed by atoms with E-state index >= 15 is 0 Å². The molecule has 0 unspecified atom stereocenters. The Kier molecular flexibility index (Phi) is 13.8. The largest absolute Gasteiger partial charge is 1.00 e. The molecule has 1 aromatic carbocycles. The fraction of sp³-hybridized carbons (Fsp3) is 0.360. The molecule has 44 heavy (non-hydrogen) atoms. The van der Waals surface area contributed by atoms with Gasteiger partial charge in [0.25, 0.3) is 11.8 Å². The summed E-state index contributed by atoms with van der Waals surface area (Å²) in [6.07, 6.45) is 1.88. The zero-order valence-corrected chi connectivity index (χ0v) is 30.5. The topological polar surface area (TPSA) is 212 Å². The molecule has 0 bridgehead atoms. The van der Waals surface area contributed by atoms with Crippen LogP contribution >= 0.6 is 11.3 Å². The molecule has 4 rings (SSSR count). The number of thiophene rings is 1. The number of carbonyl (C=O) groups excluding carboxylic acids is 3. The van der Waals surface area contributed by atoms with Crippen LogP contribution in [0.5, 0.6) is 0 Å². The van der Waals surface area contributed by atoms with Crippen molar-refractivity contribution in [2.24, 2.45) is 0 Å². The number of hydrogen-bond donors (Lipinski definition) is 0. The van der Waals surface area contributed by atoms with Gasteiger partial charge in [-0.3, -0.25) is 9.59 Å². The fourth-order valence-corrected chi connectivity index (χ4v) is 7.22. The van der Waals surface area contributed by atoms with Crippen LogP contribution in [0.25, 0.3) is 21.4 Å². The van der Waals surface area contributed by atoms with Crippen LogP contribution in [-0.2, 0) is 39.5 Å². The molecule has 0 atom stereocenters. The molecule has 2 aromatic heterocycles. The molecule has 1 aliphatic heterocycles. The Morgan fingerprint density at radius 3 is 2.23 bits per heavy atom. The van der Waals surface area contributed by atoms with E-state index in [1.165, 1.54) is 6.07 Å². The number of hydroxylamine groups is 2. The molecule has 226 valence electrons.